The molecular weight excluding hydrogens is 408 g/mol. The van der Waals surface area contributed by atoms with Crippen LogP contribution in [0.1, 0.15) is 25.0 Å². The smallest absolute Gasteiger partial charge is 0.313 e. The molecule has 0 aliphatic carbocycles. The Balaban J connectivity index is 1.76. The number of rotatable bonds is 8. The van der Waals surface area contributed by atoms with E-state index in [0.717, 1.165) is 16.8 Å². The van der Waals surface area contributed by atoms with Gasteiger partial charge in [-0.3, -0.25) is 19.2 Å². The molecule has 2 aromatic carbocycles. The minimum Gasteiger partial charge on any atom is -0.347 e. The molecule has 0 aliphatic rings. The predicted molar refractivity (Wildman–Crippen MR) is 124 cm³/mol. The summed E-state index contributed by atoms with van der Waals surface area (Å²) in [6, 6.07) is 14.6. The first-order chi connectivity index (χ1) is 15.2. The second kappa shape index (κ2) is 11.6. The molecule has 0 aromatic heterocycles. The quantitative estimate of drug-likeness (QED) is 0.616. The van der Waals surface area contributed by atoms with Gasteiger partial charge in [-0.15, -0.1) is 0 Å². The van der Waals surface area contributed by atoms with Crippen molar-refractivity contribution in [2.75, 3.05) is 37.4 Å². The molecular formula is C24H30N4O4. The van der Waals surface area contributed by atoms with Crippen molar-refractivity contribution in [1.29, 1.82) is 0 Å². The summed E-state index contributed by atoms with van der Waals surface area (Å²) in [5.41, 5.74) is 3.33. The van der Waals surface area contributed by atoms with Crippen LogP contribution >= 0.6 is 0 Å². The van der Waals surface area contributed by atoms with Gasteiger partial charge in [0.25, 0.3) is 0 Å². The summed E-state index contributed by atoms with van der Waals surface area (Å²) in [6.45, 7) is 3.95. The monoisotopic (exact) mass is 438 g/mol. The second-order valence-electron chi connectivity index (χ2n) is 7.59. The molecule has 4 amide bonds. The van der Waals surface area contributed by atoms with Crippen LogP contribution in [0.15, 0.2) is 48.5 Å². The minimum absolute atomic E-state index is 0.0116. The second-order valence-corrected chi connectivity index (χ2v) is 7.59. The maximum atomic E-state index is 12.1. The maximum absolute atomic E-state index is 12.1. The van der Waals surface area contributed by atoms with E-state index >= 15 is 0 Å². The van der Waals surface area contributed by atoms with Gasteiger partial charge < -0.3 is 20.4 Å². The lowest BCUT2D eigenvalue weighted by Gasteiger charge is -2.15. The molecule has 0 bridgehead atoms. The molecule has 2 rings (SSSR count). The first-order valence-electron chi connectivity index (χ1n) is 10.4. The Labute approximate surface area is 188 Å². The van der Waals surface area contributed by atoms with Gasteiger partial charge in [-0.25, -0.2) is 0 Å². The van der Waals surface area contributed by atoms with Crippen LogP contribution in [0.3, 0.4) is 0 Å². The number of nitrogens with zero attached hydrogens (tertiary/aromatic N) is 2. The van der Waals surface area contributed by atoms with Crippen molar-refractivity contribution < 1.29 is 19.2 Å². The van der Waals surface area contributed by atoms with Crippen molar-refractivity contribution in [3.63, 3.8) is 0 Å². The molecule has 0 spiro atoms. The number of likely N-dealkylation sites (N-methyl/N-ethyl adjacent to an activating group) is 1. The molecule has 32 heavy (non-hydrogen) atoms. The van der Waals surface area contributed by atoms with Gasteiger partial charge in [-0.2, -0.15) is 0 Å². The van der Waals surface area contributed by atoms with E-state index in [-0.39, 0.29) is 11.8 Å². The number of carbonyl (C=O) groups is 4. The highest BCUT2D eigenvalue weighted by molar-refractivity contribution is 6.39. The summed E-state index contributed by atoms with van der Waals surface area (Å²) >= 11 is 0. The van der Waals surface area contributed by atoms with Crippen LogP contribution in [-0.4, -0.2) is 55.7 Å². The predicted octanol–water partition coefficient (Wildman–Crippen LogP) is 1.99. The van der Waals surface area contributed by atoms with Crippen LogP contribution < -0.4 is 15.5 Å². The molecule has 8 nitrogen and oxygen atoms in total. The molecule has 0 fully saturated rings. The summed E-state index contributed by atoms with van der Waals surface area (Å²) in [6.07, 6.45) is 1.27. The number of benzene rings is 2. The Hall–Kier alpha value is -3.68. The fraction of sp³-hybridized carbons (Fsp3) is 0.333. The van der Waals surface area contributed by atoms with Gasteiger partial charge >= 0.3 is 11.8 Å². The van der Waals surface area contributed by atoms with Gasteiger partial charge in [0, 0.05) is 52.4 Å². The molecule has 0 atom stereocenters. The van der Waals surface area contributed by atoms with Crippen LogP contribution in [0.4, 0.5) is 11.4 Å². The van der Waals surface area contributed by atoms with Crippen molar-refractivity contribution in [1.82, 2.24) is 10.2 Å². The number of hydrogen-bond donors (Lipinski definition) is 2. The van der Waals surface area contributed by atoms with E-state index < -0.39 is 11.8 Å². The van der Waals surface area contributed by atoms with E-state index in [2.05, 4.69) is 10.6 Å². The number of hydrogen-bond acceptors (Lipinski definition) is 4. The van der Waals surface area contributed by atoms with Crippen LogP contribution in [0.5, 0.6) is 0 Å². The van der Waals surface area contributed by atoms with Gasteiger partial charge in [0.1, 0.15) is 0 Å². The molecule has 2 N–H and O–H groups in total. The van der Waals surface area contributed by atoms with Crippen LogP contribution in [0.25, 0.3) is 0 Å². The molecule has 0 saturated carbocycles. The van der Waals surface area contributed by atoms with Crippen LogP contribution in [0, 0.1) is 0 Å². The van der Waals surface area contributed by atoms with Crippen molar-refractivity contribution >= 4 is 35.0 Å². The lowest BCUT2D eigenvalue weighted by atomic mass is 10.1. The zero-order valence-corrected chi connectivity index (χ0v) is 19.0. The molecule has 0 saturated heterocycles. The van der Waals surface area contributed by atoms with E-state index in [9.17, 15) is 19.2 Å². The topological polar surface area (TPSA) is 98.8 Å². The van der Waals surface area contributed by atoms with E-state index in [1.54, 1.807) is 36.0 Å². The average molecular weight is 439 g/mol. The molecule has 170 valence electrons. The van der Waals surface area contributed by atoms with E-state index in [1.165, 1.54) is 13.8 Å². The highest BCUT2D eigenvalue weighted by Gasteiger charge is 2.13. The summed E-state index contributed by atoms with van der Waals surface area (Å²) in [5, 5.41) is 5.19. The zero-order valence-electron chi connectivity index (χ0n) is 19.0. The Morgan fingerprint density at radius 1 is 0.750 bits per heavy atom. The van der Waals surface area contributed by atoms with E-state index in [0.29, 0.717) is 31.6 Å². The van der Waals surface area contributed by atoms with Crippen LogP contribution in [-0.2, 0) is 32.0 Å². The first kappa shape index (κ1) is 24.6. The molecule has 0 aliphatic heterocycles. The first-order valence-corrected chi connectivity index (χ1v) is 10.4. The molecule has 8 heteroatoms. The number of carbonyl (C=O) groups excluding carboxylic acids is 4. The average Bonchev–Trinajstić information content (AvgIpc) is 2.78. The third-order valence-corrected chi connectivity index (χ3v) is 5.19. The third-order valence-electron chi connectivity index (χ3n) is 5.19. The zero-order chi connectivity index (χ0) is 23.7. The summed E-state index contributed by atoms with van der Waals surface area (Å²) < 4.78 is 0. The normalized spacial score (nSPS) is 10.2. The fourth-order valence-electron chi connectivity index (χ4n) is 2.87. The number of amides is 4. The lowest BCUT2D eigenvalue weighted by Crippen LogP contribution is -2.36. The molecule has 0 heterocycles. The third kappa shape index (κ3) is 7.54. The molecule has 0 radical (unpaired) electrons. The van der Waals surface area contributed by atoms with Crippen molar-refractivity contribution in [2.45, 2.75) is 26.7 Å². The maximum Gasteiger partial charge on any atom is 0.313 e. The summed E-state index contributed by atoms with van der Waals surface area (Å²) in [4.78, 5) is 50.0. The Kier molecular flexibility index (Phi) is 8.95. The van der Waals surface area contributed by atoms with Crippen molar-refractivity contribution in [2.24, 2.45) is 0 Å². The summed E-state index contributed by atoms with van der Waals surface area (Å²) in [7, 11) is 3.45. The van der Waals surface area contributed by atoms with Crippen LogP contribution in [0.2, 0.25) is 0 Å². The summed E-state index contributed by atoms with van der Waals surface area (Å²) in [5.74, 6) is -1.47. The van der Waals surface area contributed by atoms with Gasteiger partial charge in [0.15, 0.2) is 0 Å². The van der Waals surface area contributed by atoms with Crippen molar-refractivity contribution in [3.05, 3.63) is 59.7 Å². The Morgan fingerprint density at radius 2 is 1.31 bits per heavy atom. The van der Waals surface area contributed by atoms with Gasteiger partial charge in [0.2, 0.25) is 11.8 Å². The largest absolute Gasteiger partial charge is 0.347 e. The Bertz CT molecular complexity index is 955. The highest BCUT2D eigenvalue weighted by Crippen LogP contribution is 2.14. The van der Waals surface area contributed by atoms with Crippen molar-refractivity contribution in [3.8, 4) is 0 Å². The fourth-order valence-corrected chi connectivity index (χ4v) is 2.87. The minimum atomic E-state index is -0.729. The van der Waals surface area contributed by atoms with Gasteiger partial charge in [-0.1, -0.05) is 24.3 Å². The lowest BCUT2D eigenvalue weighted by molar-refractivity contribution is -0.136. The molecule has 0 unspecified atom stereocenters. The molecule has 2 aromatic rings. The number of anilines is 2. The van der Waals surface area contributed by atoms with E-state index in [4.69, 9.17) is 0 Å². The number of nitrogens with one attached hydrogen (secondary N) is 2. The van der Waals surface area contributed by atoms with Gasteiger partial charge in [-0.05, 0) is 48.2 Å². The highest BCUT2D eigenvalue weighted by atomic mass is 16.2. The van der Waals surface area contributed by atoms with E-state index in [1.807, 2.05) is 36.4 Å². The standard InChI is InChI=1S/C24H30N4O4/c1-17(29)27(3)16-14-20-5-9-21(10-6-20)26-24(32)23(31)25-15-13-19-7-11-22(12-8-19)28(4)18(2)30/h5-12H,13-16H2,1-4H3,(H,25,31)(H,26,32). The van der Waals surface area contributed by atoms with Gasteiger partial charge in [0.05, 0.1) is 0 Å². The Morgan fingerprint density at radius 3 is 1.88 bits per heavy atom. The SMILES string of the molecule is CC(=O)N(C)CCc1ccc(NC(=O)C(=O)NCCc2ccc(N(C)C(C)=O)cc2)cc1.